The molecule has 0 saturated carbocycles. The van der Waals surface area contributed by atoms with Crippen LogP contribution in [-0.2, 0) is 20.7 Å². The van der Waals surface area contributed by atoms with Crippen molar-refractivity contribution in [1.29, 1.82) is 0 Å². The Kier molecular flexibility index (Phi) is 3.94. The van der Waals surface area contributed by atoms with Gasteiger partial charge in [0.2, 0.25) is 6.29 Å². The Balaban J connectivity index is 2.26. The molecule has 0 saturated heterocycles. The number of methoxy groups -OCH3 is 2. The third-order valence-electron chi connectivity index (χ3n) is 3.08. The van der Waals surface area contributed by atoms with Gasteiger partial charge in [-0.05, 0) is 30.2 Å². The molecule has 1 atom stereocenters. The van der Waals surface area contributed by atoms with Crippen molar-refractivity contribution >= 4 is 27.5 Å². The molecule has 4 nitrogen and oxygen atoms in total. The molecule has 0 N–H and O–H groups in total. The number of carbonyl (C=O) groups is 2. The molecule has 0 spiro atoms. The zero-order chi connectivity index (χ0) is 13.3. The molecule has 0 radical (unpaired) electrons. The summed E-state index contributed by atoms with van der Waals surface area (Å²) in [6.45, 7) is 0. The summed E-state index contributed by atoms with van der Waals surface area (Å²) in [5.74, 6) is -1.17. The first kappa shape index (κ1) is 13.4. The summed E-state index contributed by atoms with van der Waals surface area (Å²) < 4.78 is 10.7. The van der Waals surface area contributed by atoms with Crippen molar-refractivity contribution in [2.45, 2.75) is 12.7 Å². The largest absolute Gasteiger partial charge is 0.349 e. The lowest BCUT2D eigenvalue weighted by molar-refractivity contribution is -0.159. The molecule has 0 aliphatic heterocycles. The Morgan fingerprint density at radius 3 is 2.67 bits per heavy atom. The van der Waals surface area contributed by atoms with Crippen molar-refractivity contribution in [2.75, 3.05) is 14.2 Å². The maximum atomic E-state index is 12.1. The van der Waals surface area contributed by atoms with Crippen LogP contribution in [0.5, 0.6) is 0 Å². The highest BCUT2D eigenvalue weighted by Gasteiger charge is 2.39. The fourth-order valence-electron chi connectivity index (χ4n) is 2.19. The van der Waals surface area contributed by atoms with Crippen molar-refractivity contribution in [1.82, 2.24) is 0 Å². The molecule has 1 unspecified atom stereocenters. The van der Waals surface area contributed by atoms with Gasteiger partial charge in [-0.25, -0.2) is 0 Å². The summed E-state index contributed by atoms with van der Waals surface area (Å²) in [7, 11) is 2.77. The van der Waals surface area contributed by atoms with E-state index < -0.39 is 12.2 Å². The minimum Gasteiger partial charge on any atom is -0.349 e. The average Bonchev–Trinajstić information content (AvgIpc) is 2.67. The van der Waals surface area contributed by atoms with Gasteiger partial charge in [0.25, 0.3) is 0 Å². The molecule has 0 bridgehead atoms. The zero-order valence-corrected chi connectivity index (χ0v) is 11.7. The summed E-state index contributed by atoms with van der Waals surface area (Å²) in [6, 6.07) is 5.41. The van der Waals surface area contributed by atoms with Gasteiger partial charge in [0.05, 0.1) is 5.92 Å². The molecule has 0 aromatic heterocycles. The molecule has 1 aromatic carbocycles. The van der Waals surface area contributed by atoms with Crippen molar-refractivity contribution < 1.29 is 19.1 Å². The second kappa shape index (κ2) is 5.30. The summed E-state index contributed by atoms with van der Waals surface area (Å²) in [5.41, 5.74) is 1.50. The van der Waals surface area contributed by atoms with Gasteiger partial charge in [-0.3, -0.25) is 9.59 Å². The van der Waals surface area contributed by atoms with Crippen molar-refractivity contribution in [3.63, 3.8) is 0 Å². The number of Topliss-reactive ketones (excluding diaryl/α,β-unsaturated/α-hetero) is 2. The van der Waals surface area contributed by atoms with E-state index in [1.165, 1.54) is 14.2 Å². The number of fused-ring (bicyclic) bond motifs is 1. The SMILES string of the molecule is COC(OC)C(=O)C1Cc2cc(Br)ccc2C1=O. The number of halogens is 1. The molecule has 1 aliphatic rings. The minimum absolute atomic E-state index is 0.151. The van der Waals surface area contributed by atoms with E-state index in [4.69, 9.17) is 9.47 Å². The molecule has 1 aromatic rings. The van der Waals surface area contributed by atoms with Gasteiger partial charge < -0.3 is 9.47 Å². The quantitative estimate of drug-likeness (QED) is 0.630. The lowest BCUT2D eigenvalue weighted by Crippen LogP contribution is -2.34. The highest BCUT2D eigenvalue weighted by Crippen LogP contribution is 2.30. The van der Waals surface area contributed by atoms with E-state index in [0.717, 1.165) is 10.0 Å². The second-order valence-electron chi connectivity index (χ2n) is 4.13. The lowest BCUT2D eigenvalue weighted by Gasteiger charge is -2.15. The number of ether oxygens (including phenoxy) is 2. The first-order chi connectivity index (χ1) is 8.58. The molecule has 2 rings (SSSR count). The second-order valence-corrected chi connectivity index (χ2v) is 5.04. The van der Waals surface area contributed by atoms with Gasteiger partial charge in [0, 0.05) is 24.3 Å². The van der Waals surface area contributed by atoms with Gasteiger partial charge >= 0.3 is 0 Å². The fourth-order valence-corrected chi connectivity index (χ4v) is 2.60. The van der Waals surface area contributed by atoms with Crippen molar-refractivity contribution in [3.05, 3.63) is 33.8 Å². The normalized spacial score (nSPS) is 18.2. The van der Waals surface area contributed by atoms with E-state index in [9.17, 15) is 9.59 Å². The summed E-state index contributed by atoms with van der Waals surface area (Å²) in [6.07, 6.45) is -0.563. The van der Waals surface area contributed by atoms with Crippen LogP contribution < -0.4 is 0 Å². The Labute approximate surface area is 113 Å². The molecular formula is C13H13BrO4. The predicted octanol–water partition coefficient (Wildman–Crippen LogP) is 1.99. The maximum absolute atomic E-state index is 12.1. The van der Waals surface area contributed by atoms with E-state index in [0.29, 0.717) is 12.0 Å². The maximum Gasteiger partial charge on any atom is 0.218 e. The molecule has 1 aliphatic carbocycles. The zero-order valence-electron chi connectivity index (χ0n) is 10.1. The van der Waals surface area contributed by atoms with Gasteiger partial charge in [-0.15, -0.1) is 0 Å². The third kappa shape index (κ3) is 2.25. The predicted molar refractivity (Wildman–Crippen MR) is 68.5 cm³/mol. The smallest absolute Gasteiger partial charge is 0.218 e. The summed E-state index contributed by atoms with van der Waals surface area (Å²) in [5, 5.41) is 0. The number of rotatable bonds is 4. The van der Waals surface area contributed by atoms with Crippen LogP contribution in [0.3, 0.4) is 0 Å². The molecule has 5 heteroatoms. The van der Waals surface area contributed by atoms with Gasteiger partial charge in [-0.2, -0.15) is 0 Å². The fraction of sp³-hybridized carbons (Fsp3) is 0.385. The van der Waals surface area contributed by atoms with E-state index in [2.05, 4.69) is 15.9 Å². The van der Waals surface area contributed by atoms with Crippen LogP contribution in [0.15, 0.2) is 22.7 Å². The van der Waals surface area contributed by atoms with Crippen LogP contribution in [0, 0.1) is 5.92 Å². The molecule has 96 valence electrons. The Hall–Kier alpha value is -1.04. The standard InChI is InChI=1S/C13H13BrO4/c1-17-13(18-2)12(16)10-6-7-5-8(14)3-4-9(7)11(10)15/h3-5,10,13H,6H2,1-2H3. The number of benzene rings is 1. The topological polar surface area (TPSA) is 52.6 Å². The van der Waals surface area contributed by atoms with E-state index >= 15 is 0 Å². The monoisotopic (exact) mass is 312 g/mol. The summed E-state index contributed by atoms with van der Waals surface area (Å²) >= 11 is 3.35. The van der Waals surface area contributed by atoms with Crippen molar-refractivity contribution in [3.8, 4) is 0 Å². The Morgan fingerprint density at radius 2 is 2.06 bits per heavy atom. The van der Waals surface area contributed by atoms with Gasteiger partial charge in [0.1, 0.15) is 0 Å². The highest BCUT2D eigenvalue weighted by atomic mass is 79.9. The van der Waals surface area contributed by atoms with Gasteiger partial charge in [0.15, 0.2) is 11.6 Å². The van der Waals surface area contributed by atoms with Crippen LogP contribution >= 0.6 is 15.9 Å². The summed E-state index contributed by atoms with van der Waals surface area (Å²) in [4.78, 5) is 24.2. The number of hydrogen-bond acceptors (Lipinski definition) is 4. The number of ketones is 2. The van der Waals surface area contributed by atoms with Crippen LogP contribution in [-0.4, -0.2) is 32.1 Å². The molecular weight excluding hydrogens is 300 g/mol. The molecule has 0 fully saturated rings. The average molecular weight is 313 g/mol. The van der Waals surface area contributed by atoms with Crippen LogP contribution in [0.4, 0.5) is 0 Å². The first-order valence-electron chi connectivity index (χ1n) is 5.50. The van der Waals surface area contributed by atoms with Crippen LogP contribution in [0.1, 0.15) is 15.9 Å². The Morgan fingerprint density at radius 1 is 1.39 bits per heavy atom. The Bertz CT molecular complexity index is 494. The number of carbonyl (C=O) groups excluding carboxylic acids is 2. The minimum atomic E-state index is -0.975. The third-order valence-corrected chi connectivity index (χ3v) is 3.57. The first-order valence-corrected chi connectivity index (χ1v) is 6.29. The molecule has 0 amide bonds. The lowest BCUT2D eigenvalue weighted by atomic mass is 9.99. The number of hydrogen-bond donors (Lipinski definition) is 0. The van der Waals surface area contributed by atoms with Crippen LogP contribution in [0.2, 0.25) is 0 Å². The van der Waals surface area contributed by atoms with E-state index in [1.807, 2.05) is 6.07 Å². The molecule has 18 heavy (non-hydrogen) atoms. The van der Waals surface area contributed by atoms with E-state index in [1.54, 1.807) is 12.1 Å². The van der Waals surface area contributed by atoms with Gasteiger partial charge in [-0.1, -0.05) is 15.9 Å². The van der Waals surface area contributed by atoms with Crippen LogP contribution in [0.25, 0.3) is 0 Å². The van der Waals surface area contributed by atoms with E-state index in [-0.39, 0.29) is 11.6 Å². The molecule has 0 heterocycles. The van der Waals surface area contributed by atoms with Crippen molar-refractivity contribution in [2.24, 2.45) is 5.92 Å². The highest BCUT2D eigenvalue weighted by molar-refractivity contribution is 9.10.